The zero-order chi connectivity index (χ0) is 24.0. The van der Waals surface area contributed by atoms with Crippen molar-refractivity contribution in [1.29, 1.82) is 0 Å². The van der Waals surface area contributed by atoms with Gasteiger partial charge in [-0.25, -0.2) is 9.78 Å². The average Bonchev–Trinajstić information content (AvgIpc) is 3.25. The quantitative estimate of drug-likeness (QED) is 0.382. The molecule has 0 spiro atoms. The van der Waals surface area contributed by atoms with Crippen LogP contribution in [0.5, 0.6) is 0 Å². The van der Waals surface area contributed by atoms with Gasteiger partial charge in [0.15, 0.2) is 0 Å². The van der Waals surface area contributed by atoms with Crippen LogP contribution in [0.2, 0.25) is 0 Å². The number of para-hydroxylation sites is 1. The van der Waals surface area contributed by atoms with Crippen molar-refractivity contribution in [1.82, 2.24) is 9.55 Å². The lowest BCUT2D eigenvalue weighted by molar-refractivity contribution is 0.0698. The molecule has 0 saturated heterocycles. The highest BCUT2D eigenvalue weighted by atomic mass is 79.9. The largest absolute Gasteiger partial charge is 0.478 e. The van der Waals surface area contributed by atoms with E-state index in [1.807, 2.05) is 25.1 Å². The topological polar surface area (TPSA) is 87.5 Å². The Balaban J connectivity index is 1.60. The van der Waals surface area contributed by atoms with E-state index in [9.17, 15) is 14.7 Å². The van der Waals surface area contributed by atoms with E-state index in [0.29, 0.717) is 35.6 Å². The molecule has 8 heteroatoms. The number of carbonyl (C=O) groups is 1. The molecule has 1 unspecified atom stereocenters. The highest BCUT2D eigenvalue weighted by molar-refractivity contribution is 9.10. The molecule has 5 rings (SSSR count). The van der Waals surface area contributed by atoms with E-state index in [1.54, 1.807) is 41.9 Å². The fourth-order valence-corrected chi connectivity index (χ4v) is 5.02. The predicted octanol–water partition coefficient (Wildman–Crippen LogP) is 5.09. The molecule has 0 bridgehead atoms. The van der Waals surface area contributed by atoms with E-state index in [2.05, 4.69) is 38.3 Å². The first-order valence-electron chi connectivity index (χ1n) is 10.9. The zero-order valence-electron chi connectivity index (χ0n) is 18.7. The Bertz CT molecular complexity index is 1470. The average molecular weight is 519 g/mol. The molecule has 0 fully saturated rings. The fourth-order valence-electron chi connectivity index (χ4n) is 4.55. The van der Waals surface area contributed by atoms with E-state index < -0.39 is 5.97 Å². The number of halogens is 1. The number of benzene rings is 3. The van der Waals surface area contributed by atoms with E-state index in [1.165, 1.54) is 11.1 Å². The smallest absolute Gasteiger partial charge is 0.337 e. The second-order valence-corrected chi connectivity index (χ2v) is 9.42. The summed E-state index contributed by atoms with van der Waals surface area (Å²) in [4.78, 5) is 32.1. The number of aromatic carboxylic acids is 1. The molecular formula is C26H23BrN4O3. The highest BCUT2D eigenvalue weighted by Crippen LogP contribution is 2.32. The van der Waals surface area contributed by atoms with Gasteiger partial charge in [-0.3, -0.25) is 9.36 Å². The molecule has 0 amide bonds. The van der Waals surface area contributed by atoms with Crippen LogP contribution in [0, 0.1) is 0 Å². The molecule has 7 nitrogen and oxygen atoms in total. The lowest BCUT2D eigenvalue weighted by Gasteiger charge is -2.23. The van der Waals surface area contributed by atoms with Gasteiger partial charge in [-0.15, -0.1) is 0 Å². The van der Waals surface area contributed by atoms with E-state index in [0.717, 1.165) is 10.0 Å². The summed E-state index contributed by atoms with van der Waals surface area (Å²) in [7, 11) is 1.75. The summed E-state index contributed by atoms with van der Waals surface area (Å²) >= 11 is 3.53. The van der Waals surface area contributed by atoms with Gasteiger partial charge in [0.25, 0.3) is 5.56 Å². The number of nitrogens with one attached hydrogen (secondary N) is 1. The summed E-state index contributed by atoms with van der Waals surface area (Å²) < 4.78 is 2.36. The van der Waals surface area contributed by atoms with E-state index in [-0.39, 0.29) is 17.2 Å². The maximum atomic E-state index is 13.4. The Morgan fingerprint density at radius 1 is 1.09 bits per heavy atom. The Morgan fingerprint density at radius 3 is 2.41 bits per heavy atom. The molecule has 0 saturated carbocycles. The number of anilines is 2. The summed E-state index contributed by atoms with van der Waals surface area (Å²) in [5, 5.41) is 13.4. The van der Waals surface area contributed by atoms with Crippen molar-refractivity contribution in [2.75, 3.05) is 10.2 Å². The number of rotatable bonds is 5. The molecule has 1 aliphatic heterocycles. The minimum Gasteiger partial charge on any atom is -0.478 e. The second kappa shape index (κ2) is 8.61. The van der Waals surface area contributed by atoms with Crippen LogP contribution in [0.25, 0.3) is 10.9 Å². The van der Waals surface area contributed by atoms with Crippen LogP contribution in [0.15, 0.2) is 69.9 Å². The molecule has 172 valence electrons. The third-order valence-electron chi connectivity index (χ3n) is 6.27. The molecule has 1 aliphatic rings. The molecule has 0 radical (unpaired) electrons. The lowest BCUT2D eigenvalue weighted by atomic mass is 10.0. The van der Waals surface area contributed by atoms with Crippen LogP contribution in [0.4, 0.5) is 11.6 Å². The summed E-state index contributed by atoms with van der Waals surface area (Å²) in [5.74, 6) is -0.396. The summed E-state index contributed by atoms with van der Waals surface area (Å²) in [6.45, 7) is 3.31. The van der Waals surface area contributed by atoms with Gasteiger partial charge < -0.3 is 15.3 Å². The number of aromatic nitrogens is 2. The van der Waals surface area contributed by atoms with Crippen LogP contribution >= 0.6 is 15.9 Å². The molecular weight excluding hydrogens is 496 g/mol. The van der Waals surface area contributed by atoms with Gasteiger partial charge in [0.05, 0.1) is 22.5 Å². The molecule has 2 heterocycles. The Labute approximate surface area is 204 Å². The minimum absolute atomic E-state index is 0.128. The number of carboxylic acid groups (broad SMARTS) is 1. The highest BCUT2D eigenvalue weighted by Gasteiger charge is 2.24. The molecule has 0 aliphatic carbocycles. The fraction of sp³-hybridized carbons (Fsp3) is 0.192. The molecule has 3 aromatic carbocycles. The van der Waals surface area contributed by atoms with Crippen LogP contribution in [-0.4, -0.2) is 20.6 Å². The van der Waals surface area contributed by atoms with Crippen molar-refractivity contribution in [2.24, 2.45) is 7.05 Å². The lowest BCUT2D eigenvalue weighted by Crippen LogP contribution is -2.28. The number of hydrogen-bond acceptors (Lipinski definition) is 5. The summed E-state index contributed by atoms with van der Waals surface area (Å²) in [6, 6.07) is 18.4. The summed E-state index contributed by atoms with van der Waals surface area (Å²) in [5.41, 5.74) is 4.44. The SMILES string of the molecule is CC(Nc1ccccc1C(=O)O)c1cc(Br)cc2c(=O)n(C)c(N3Cc4ccccc4C3)nc12. The van der Waals surface area contributed by atoms with Crippen molar-refractivity contribution in [3.05, 3.63) is 97.7 Å². The van der Waals surface area contributed by atoms with Gasteiger partial charge >= 0.3 is 5.97 Å². The molecule has 1 aromatic heterocycles. The Hall–Kier alpha value is -3.65. The van der Waals surface area contributed by atoms with E-state index in [4.69, 9.17) is 4.98 Å². The van der Waals surface area contributed by atoms with Gasteiger partial charge in [-0.1, -0.05) is 52.3 Å². The first-order valence-corrected chi connectivity index (χ1v) is 11.7. The van der Waals surface area contributed by atoms with Crippen LogP contribution in [0.3, 0.4) is 0 Å². The predicted molar refractivity (Wildman–Crippen MR) is 136 cm³/mol. The number of carboxylic acids is 1. The number of nitrogens with zero attached hydrogens (tertiary/aromatic N) is 3. The van der Waals surface area contributed by atoms with Crippen molar-refractivity contribution in [3.8, 4) is 0 Å². The Kier molecular flexibility index (Phi) is 5.61. The van der Waals surface area contributed by atoms with Gasteiger partial charge in [-0.2, -0.15) is 0 Å². The van der Waals surface area contributed by atoms with E-state index >= 15 is 0 Å². The third-order valence-corrected chi connectivity index (χ3v) is 6.73. The minimum atomic E-state index is -1.00. The zero-order valence-corrected chi connectivity index (χ0v) is 20.3. The first kappa shape index (κ1) is 22.2. The van der Waals surface area contributed by atoms with Gasteiger partial charge in [0.1, 0.15) is 0 Å². The molecule has 34 heavy (non-hydrogen) atoms. The maximum Gasteiger partial charge on any atom is 0.337 e. The van der Waals surface area contributed by atoms with Crippen molar-refractivity contribution < 1.29 is 9.90 Å². The normalized spacial score (nSPS) is 13.7. The standard InChI is InChI=1S/C26H23BrN4O3/c1-15(28-22-10-6-5-9-19(22)25(33)34)20-11-18(27)12-21-23(20)29-26(30(2)24(21)32)31-13-16-7-3-4-8-17(16)14-31/h3-12,15,28H,13-14H2,1-2H3,(H,33,34). The molecule has 4 aromatic rings. The monoisotopic (exact) mass is 518 g/mol. The first-order chi connectivity index (χ1) is 16.3. The molecule has 1 atom stereocenters. The Morgan fingerprint density at radius 2 is 1.74 bits per heavy atom. The van der Waals surface area contributed by atoms with Gasteiger partial charge in [0, 0.05) is 35.9 Å². The van der Waals surface area contributed by atoms with Crippen molar-refractivity contribution in [3.63, 3.8) is 0 Å². The summed E-state index contributed by atoms with van der Waals surface area (Å²) in [6.07, 6.45) is 0. The number of fused-ring (bicyclic) bond motifs is 2. The van der Waals surface area contributed by atoms with Crippen LogP contribution in [-0.2, 0) is 20.1 Å². The second-order valence-electron chi connectivity index (χ2n) is 8.51. The third kappa shape index (κ3) is 3.84. The van der Waals surface area contributed by atoms with Crippen LogP contribution < -0.4 is 15.8 Å². The number of hydrogen-bond donors (Lipinski definition) is 2. The molecule has 2 N–H and O–H groups in total. The van der Waals surface area contributed by atoms with Crippen LogP contribution in [0.1, 0.15) is 40.0 Å². The van der Waals surface area contributed by atoms with Crippen molar-refractivity contribution in [2.45, 2.75) is 26.1 Å². The van der Waals surface area contributed by atoms with Crippen molar-refractivity contribution >= 4 is 44.4 Å². The van der Waals surface area contributed by atoms with Gasteiger partial charge in [0.2, 0.25) is 5.95 Å². The van der Waals surface area contributed by atoms with Gasteiger partial charge in [-0.05, 0) is 42.3 Å². The maximum absolute atomic E-state index is 13.4.